The van der Waals surface area contributed by atoms with Gasteiger partial charge in [-0.25, -0.2) is 9.18 Å². The van der Waals surface area contributed by atoms with Crippen LogP contribution in [-0.2, 0) is 22.6 Å². The molecule has 2 rings (SSSR count). The van der Waals surface area contributed by atoms with Crippen LogP contribution < -0.4 is 16.0 Å². The second-order valence-corrected chi connectivity index (χ2v) is 8.62. The fraction of sp³-hybridized carbons (Fsp3) is 0.636. The van der Waals surface area contributed by atoms with Gasteiger partial charge in [0.1, 0.15) is 11.4 Å². The fourth-order valence-electron chi connectivity index (χ4n) is 3.43. The van der Waals surface area contributed by atoms with Crippen molar-refractivity contribution < 1.29 is 18.7 Å². The molecule has 7 nitrogen and oxygen atoms in total. The third-order valence-corrected chi connectivity index (χ3v) is 4.88. The lowest BCUT2D eigenvalue weighted by molar-refractivity contribution is 0.0490. The molecule has 0 atom stereocenters. The molecule has 1 aliphatic rings. The smallest absolute Gasteiger partial charge is 0.407 e. The number of hydrogen-bond donors (Lipinski definition) is 3. The number of carbonyl (C=O) groups is 1. The maximum atomic E-state index is 13.8. The molecule has 1 saturated carbocycles. The van der Waals surface area contributed by atoms with Gasteiger partial charge in [0.25, 0.3) is 0 Å². The Morgan fingerprint density at radius 2 is 1.77 bits per heavy atom. The molecule has 0 spiro atoms. The Morgan fingerprint density at radius 3 is 2.32 bits per heavy atom. The average molecular weight is 550 g/mol. The first-order valence-electron chi connectivity index (χ1n) is 10.4. The van der Waals surface area contributed by atoms with Crippen LogP contribution in [0.1, 0.15) is 57.6 Å². The number of carbonyl (C=O) groups excluding carboxylic acids is 1. The normalized spacial score (nSPS) is 19.2. The Kier molecular flexibility index (Phi) is 11.5. The summed E-state index contributed by atoms with van der Waals surface area (Å²) in [5, 5.41) is 9.67. The molecule has 0 radical (unpaired) electrons. The van der Waals surface area contributed by atoms with Gasteiger partial charge in [0.15, 0.2) is 5.96 Å². The molecule has 0 aromatic heterocycles. The summed E-state index contributed by atoms with van der Waals surface area (Å²) in [5.74, 6) is 0.441. The van der Waals surface area contributed by atoms with Crippen LogP contribution in [0, 0.1) is 5.82 Å². The van der Waals surface area contributed by atoms with Crippen molar-refractivity contribution in [1.82, 2.24) is 16.0 Å². The van der Waals surface area contributed by atoms with Gasteiger partial charge in [-0.2, -0.15) is 0 Å². The Morgan fingerprint density at radius 1 is 1.16 bits per heavy atom. The largest absolute Gasteiger partial charge is 0.444 e. The summed E-state index contributed by atoms with van der Waals surface area (Å²) in [5.41, 5.74) is 1.00. The zero-order chi connectivity index (χ0) is 22.1. The molecule has 1 aromatic carbocycles. The topological polar surface area (TPSA) is 84.0 Å². The SMILES string of the molecule is CN=C(NCc1ccc(F)c(COC)c1)NC1CCC(NC(=O)OC(C)(C)C)CC1.I. The number of aliphatic imine (C=N–C) groups is 1. The third-order valence-electron chi connectivity index (χ3n) is 4.88. The van der Waals surface area contributed by atoms with E-state index in [0.29, 0.717) is 18.1 Å². The van der Waals surface area contributed by atoms with Gasteiger partial charge in [0.2, 0.25) is 0 Å². The van der Waals surface area contributed by atoms with E-state index in [1.165, 1.54) is 6.07 Å². The predicted octanol–water partition coefficient (Wildman–Crippen LogP) is 4.09. The molecule has 0 saturated heterocycles. The molecule has 1 aliphatic carbocycles. The minimum absolute atomic E-state index is 0. The number of guanidine groups is 1. The molecule has 1 amide bonds. The van der Waals surface area contributed by atoms with Gasteiger partial charge in [-0.05, 0) is 64.2 Å². The molecule has 0 bridgehead atoms. The average Bonchev–Trinajstić information content (AvgIpc) is 2.67. The molecule has 0 aliphatic heterocycles. The van der Waals surface area contributed by atoms with Gasteiger partial charge >= 0.3 is 6.09 Å². The molecule has 9 heteroatoms. The maximum Gasteiger partial charge on any atom is 0.407 e. The van der Waals surface area contributed by atoms with Crippen molar-refractivity contribution in [2.45, 2.75) is 77.3 Å². The van der Waals surface area contributed by atoms with Crippen molar-refractivity contribution in [2.24, 2.45) is 4.99 Å². The lowest BCUT2D eigenvalue weighted by Crippen LogP contribution is -2.47. The highest BCUT2D eigenvalue weighted by molar-refractivity contribution is 14.0. The van der Waals surface area contributed by atoms with Crippen LogP contribution in [0.15, 0.2) is 23.2 Å². The predicted molar refractivity (Wildman–Crippen MR) is 131 cm³/mol. The zero-order valence-electron chi connectivity index (χ0n) is 19.1. The minimum atomic E-state index is -0.490. The van der Waals surface area contributed by atoms with E-state index in [1.807, 2.05) is 20.8 Å². The van der Waals surface area contributed by atoms with Crippen LogP contribution in [0.3, 0.4) is 0 Å². The highest BCUT2D eigenvalue weighted by atomic mass is 127. The Hall–Kier alpha value is -1.62. The lowest BCUT2D eigenvalue weighted by atomic mass is 9.91. The summed E-state index contributed by atoms with van der Waals surface area (Å²) in [6.07, 6.45) is 3.26. The van der Waals surface area contributed by atoms with E-state index in [9.17, 15) is 9.18 Å². The Labute approximate surface area is 202 Å². The number of rotatable bonds is 6. The van der Waals surface area contributed by atoms with Crippen LogP contribution in [0.25, 0.3) is 0 Å². The summed E-state index contributed by atoms with van der Waals surface area (Å²) in [7, 11) is 3.28. The van der Waals surface area contributed by atoms with Gasteiger partial charge in [-0.3, -0.25) is 4.99 Å². The number of amides is 1. The first-order valence-corrected chi connectivity index (χ1v) is 10.4. The van der Waals surface area contributed by atoms with Crippen LogP contribution in [-0.4, -0.2) is 43.9 Å². The number of nitrogens with one attached hydrogen (secondary N) is 3. The summed E-state index contributed by atoms with van der Waals surface area (Å²) >= 11 is 0. The number of halogens is 2. The third kappa shape index (κ3) is 10.0. The molecule has 31 heavy (non-hydrogen) atoms. The van der Waals surface area contributed by atoms with Gasteiger partial charge in [0.05, 0.1) is 6.61 Å². The highest BCUT2D eigenvalue weighted by Crippen LogP contribution is 2.19. The second-order valence-electron chi connectivity index (χ2n) is 8.62. The number of alkyl carbamates (subject to hydrolysis) is 1. The minimum Gasteiger partial charge on any atom is -0.444 e. The van der Waals surface area contributed by atoms with Crippen LogP contribution in [0.4, 0.5) is 9.18 Å². The van der Waals surface area contributed by atoms with Gasteiger partial charge in [-0.1, -0.05) is 6.07 Å². The van der Waals surface area contributed by atoms with E-state index in [0.717, 1.165) is 31.2 Å². The van der Waals surface area contributed by atoms with Crippen molar-refractivity contribution in [3.05, 3.63) is 35.1 Å². The summed E-state index contributed by atoms with van der Waals surface area (Å²) in [6.45, 7) is 6.35. The Balaban J connectivity index is 0.00000480. The van der Waals surface area contributed by atoms with Gasteiger partial charge < -0.3 is 25.4 Å². The second kappa shape index (κ2) is 13.0. The van der Waals surface area contributed by atoms with Gasteiger partial charge in [0, 0.05) is 38.3 Å². The van der Waals surface area contributed by atoms with E-state index < -0.39 is 5.60 Å². The van der Waals surface area contributed by atoms with Crippen LogP contribution in [0.5, 0.6) is 0 Å². The van der Waals surface area contributed by atoms with E-state index in [4.69, 9.17) is 9.47 Å². The number of nitrogens with zero attached hydrogens (tertiary/aromatic N) is 1. The van der Waals surface area contributed by atoms with Crippen LogP contribution in [0.2, 0.25) is 0 Å². The molecular weight excluding hydrogens is 514 g/mol. The lowest BCUT2D eigenvalue weighted by Gasteiger charge is -2.31. The first kappa shape index (κ1) is 27.4. The van der Waals surface area contributed by atoms with Crippen molar-refractivity contribution >= 4 is 36.0 Å². The van der Waals surface area contributed by atoms with Crippen molar-refractivity contribution in [1.29, 1.82) is 0 Å². The monoisotopic (exact) mass is 550 g/mol. The summed E-state index contributed by atoms with van der Waals surface area (Å²) in [4.78, 5) is 16.2. The molecule has 176 valence electrons. The molecule has 0 unspecified atom stereocenters. The quantitative estimate of drug-likeness (QED) is 0.283. The molecular formula is C22H36FIN4O3. The molecule has 0 heterocycles. The Bertz CT molecular complexity index is 732. The van der Waals surface area contributed by atoms with Crippen molar-refractivity contribution in [3.63, 3.8) is 0 Å². The van der Waals surface area contributed by atoms with E-state index in [2.05, 4.69) is 20.9 Å². The zero-order valence-corrected chi connectivity index (χ0v) is 21.4. The molecule has 1 fully saturated rings. The van der Waals surface area contributed by atoms with Crippen LogP contribution >= 0.6 is 24.0 Å². The molecule has 3 N–H and O–H groups in total. The van der Waals surface area contributed by atoms with Gasteiger partial charge in [-0.15, -0.1) is 24.0 Å². The standard InChI is InChI=1S/C22H35FN4O3.HI/c1-22(2,3)30-21(28)27-18-9-7-17(8-10-18)26-20(24-4)25-13-15-6-11-19(23)16(12-15)14-29-5;/h6,11-12,17-18H,7-10,13-14H2,1-5H3,(H,27,28)(H2,24,25,26);1H. The van der Waals surface area contributed by atoms with Crippen molar-refractivity contribution in [2.75, 3.05) is 14.2 Å². The first-order chi connectivity index (χ1) is 14.2. The maximum absolute atomic E-state index is 13.8. The van der Waals surface area contributed by atoms with E-state index in [1.54, 1.807) is 26.3 Å². The molecule has 1 aromatic rings. The summed E-state index contributed by atoms with van der Waals surface area (Å²) in [6, 6.07) is 5.42. The van der Waals surface area contributed by atoms with E-state index >= 15 is 0 Å². The summed E-state index contributed by atoms with van der Waals surface area (Å²) < 4.78 is 24.1. The number of hydrogen-bond acceptors (Lipinski definition) is 4. The number of methoxy groups -OCH3 is 1. The fourth-order valence-corrected chi connectivity index (χ4v) is 3.43. The van der Waals surface area contributed by atoms with E-state index in [-0.39, 0.29) is 54.6 Å². The number of benzene rings is 1. The van der Waals surface area contributed by atoms with Crippen molar-refractivity contribution in [3.8, 4) is 0 Å². The number of ether oxygens (including phenoxy) is 2. The highest BCUT2D eigenvalue weighted by Gasteiger charge is 2.25.